The summed E-state index contributed by atoms with van der Waals surface area (Å²) in [7, 11) is 0. The average molecular weight is 249 g/mol. The fraction of sp³-hybridized carbons (Fsp3) is 0.571. The molecule has 0 radical (unpaired) electrons. The standard InChI is InChI=1S/C14H19NOS/c1-10-8-17-9-14(10,16)13-7-6-11-4-2-3-5-12(11)15-13/h2-5,10,13,15-16H,6-9H2,1H3. The lowest BCUT2D eigenvalue weighted by atomic mass is 9.80. The van der Waals surface area contributed by atoms with E-state index in [1.807, 2.05) is 11.8 Å². The van der Waals surface area contributed by atoms with Crippen molar-refractivity contribution in [1.82, 2.24) is 0 Å². The first kappa shape index (κ1) is 11.4. The molecule has 1 aromatic carbocycles. The Morgan fingerprint density at radius 2 is 2.24 bits per heavy atom. The van der Waals surface area contributed by atoms with E-state index >= 15 is 0 Å². The molecule has 3 heteroatoms. The summed E-state index contributed by atoms with van der Waals surface area (Å²) < 4.78 is 0. The Hall–Kier alpha value is -0.670. The van der Waals surface area contributed by atoms with Gasteiger partial charge in [-0.25, -0.2) is 0 Å². The van der Waals surface area contributed by atoms with E-state index in [1.165, 1.54) is 11.3 Å². The number of benzene rings is 1. The first-order valence-electron chi connectivity index (χ1n) is 6.35. The second-order valence-corrected chi connectivity index (χ2v) is 6.33. The molecule has 0 saturated carbocycles. The van der Waals surface area contributed by atoms with Crippen LogP contribution in [0, 0.1) is 5.92 Å². The molecule has 3 rings (SSSR count). The maximum Gasteiger partial charge on any atom is 0.0970 e. The predicted molar refractivity (Wildman–Crippen MR) is 73.6 cm³/mol. The van der Waals surface area contributed by atoms with Gasteiger partial charge in [0.15, 0.2) is 0 Å². The number of fused-ring (bicyclic) bond motifs is 1. The number of aliphatic hydroxyl groups is 1. The Labute approximate surface area is 107 Å². The van der Waals surface area contributed by atoms with Crippen molar-refractivity contribution in [3.05, 3.63) is 29.8 Å². The van der Waals surface area contributed by atoms with Gasteiger partial charge in [0.2, 0.25) is 0 Å². The van der Waals surface area contributed by atoms with E-state index in [0.29, 0.717) is 5.92 Å². The van der Waals surface area contributed by atoms with Crippen LogP contribution < -0.4 is 5.32 Å². The van der Waals surface area contributed by atoms with Crippen molar-refractivity contribution in [2.75, 3.05) is 16.8 Å². The summed E-state index contributed by atoms with van der Waals surface area (Å²) in [6.07, 6.45) is 2.12. The maximum absolute atomic E-state index is 10.8. The highest BCUT2D eigenvalue weighted by Crippen LogP contribution is 2.40. The zero-order chi connectivity index (χ0) is 11.9. The second kappa shape index (κ2) is 4.21. The van der Waals surface area contributed by atoms with E-state index in [0.717, 1.165) is 24.3 Å². The Morgan fingerprint density at radius 1 is 1.41 bits per heavy atom. The van der Waals surface area contributed by atoms with Crippen molar-refractivity contribution in [2.45, 2.75) is 31.4 Å². The maximum atomic E-state index is 10.8. The molecular weight excluding hydrogens is 230 g/mol. The summed E-state index contributed by atoms with van der Waals surface area (Å²) in [5.74, 6) is 2.33. The fourth-order valence-electron chi connectivity index (χ4n) is 2.94. The number of aryl methyl sites for hydroxylation is 1. The molecule has 0 bridgehead atoms. The van der Waals surface area contributed by atoms with Gasteiger partial charge in [-0.3, -0.25) is 0 Å². The molecule has 0 spiro atoms. The van der Waals surface area contributed by atoms with Crippen molar-refractivity contribution in [1.29, 1.82) is 0 Å². The molecule has 0 amide bonds. The highest BCUT2D eigenvalue weighted by Gasteiger charge is 2.46. The lowest BCUT2D eigenvalue weighted by molar-refractivity contribution is 0.00546. The summed E-state index contributed by atoms with van der Waals surface area (Å²) in [5.41, 5.74) is 2.06. The molecule has 2 aliphatic heterocycles. The van der Waals surface area contributed by atoms with Gasteiger partial charge in [-0.1, -0.05) is 25.1 Å². The van der Waals surface area contributed by atoms with Crippen LogP contribution in [0.5, 0.6) is 0 Å². The summed E-state index contributed by atoms with van der Waals surface area (Å²) >= 11 is 1.87. The number of hydrogen-bond donors (Lipinski definition) is 2. The third-order valence-electron chi connectivity index (χ3n) is 4.21. The number of hydrogen-bond acceptors (Lipinski definition) is 3. The highest BCUT2D eigenvalue weighted by atomic mass is 32.2. The average Bonchev–Trinajstić information content (AvgIpc) is 2.70. The predicted octanol–water partition coefficient (Wildman–Crippen LogP) is 2.53. The van der Waals surface area contributed by atoms with Gasteiger partial charge < -0.3 is 10.4 Å². The largest absolute Gasteiger partial charge is 0.387 e. The van der Waals surface area contributed by atoms with Crippen LogP contribution in [0.4, 0.5) is 5.69 Å². The Morgan fingerprint density at radius 3 is 3.00 bits per heavy atom. The van der Waals surface area contributed by atoms with Crippen LogP contribution in [0.25, 0.3) is 0 Å². The molecule has 2 N–H and O–H groups in total. The highest BCUT2D eigenvalue weighted by molar-refractivity contribution is 7.99. The normalized spacial score (nSPS) is 36.4. The van der Waals surface area contributed by atoms with Gasteiger partial charge in [-0.15, -0.1) is 0 Å². The van der Waals surface area contributed by atoms with E-state index in [1.54, 1.807) is 0 Å². The summed E-state index contributed by atoms with van der Waals surface area (Å²) in [4.78, 5) is 0. The smallest absolute Gasteiger partial charge is 0.0970 e. The SMILES string of the molecule is CC1CSCC1(O)C1CCc2ccccc2N1. The van der Waals surface area contributed by atoms with Gasteiger partial charge >= 0.3 is 0 Å². The van der Waals surface area contributed by atoms with Crippen LogP contribution in [0.15, 0.2) is 24.3 Å². The minimum Gasteiger partial charge on any atom is -0.387 e. The van der Waals surface area contributed by atoms with Gasteiger partial charge in [-0.05, 0) is 36.1 Å². The van der Waals surface area contributed by atoms with Gasteiger partial charge in [0.05, 0.1) is 11.6 Å². The van der Waals surface area contributed by atoms with Crippen molar-refractivity contribution >= 4 is 17.4 Å². The van der Waals surface area contributed by atoms with Crippen molar-refractivity contribution in [2.24, 2.45) is 5.92 Å². The lowest BCUT2D eigenvalue weighted by Crippen LogP contribution is -2.52. The van der Waals surface area contributed by atoms with Gasteiger partial charge in [0, 0.05) is 11.4 Å². The zero-order valence-electron chi connectivity index (χ0n) is 10.1. The molecule has 3 atom stereocenters. The Kier molecular flexibility index (Phi) is 2.83. The molecule has 3 unspecified atom stereocenters. The minimum atomic E-state index is -0.530. The van der Waals surface area contributed by atoms with E-state index in [4.69, 9.17) is 0 Å². The molecule has 2 aliphatic rings. The number of nitrogens with one attached hydrogen (secondary N) is 1. The Balaban J connectivity index is 1.84. The van der Waals surface area contributed by atoms with Crippen LogP contribution in [0.3, 0.4) is 0 Å². The van der Waals surface area contributed by atoms with Crippen molar-refractivity contribution < 1.29 is 5.11 Å². The molecular formula is C14H19NOS. The number of anilines is 1. The van der Waals surface area contributed by atoms with Gasteiger partial charge in [0.1, 0.15) is 0 Å². The summed E-state index contributed by atoms with van der Waals surface area (Å²) in [5, 5.41) is 14.4. The van der Waals surface area contributed by atoms with Crippen LogP contribution in [-0.4, -0.2) is 28.3 Å². The van der Waals surface area contributed by atoms with Gasteiger partial charge in [0.25, 0.3) is 0 Å². The zero-order valence-corrected chi connectivity index (χ0v) is 11.0. The fourth-order valence-corrected chi connectivity index (χ4v) is 4.52. The molecule has 17 heavy (non-hydrogen) atoms. The van der Waals surface area contributed by atoms with E-state index in [2.05, 4.69) is 36.5 Å². The summed E-state index contributed by atoms with van der Waals surface area (Å²) in [6, 6.07) is 8.66. The van der Waals surface area contributed by atoms with E-state index < -0.39 is 5.60 Å². The van der Waals surface area contributed by atoms with Crippen LogP contribution in [0.1, 0.15) is 18.9 Å². The molecule has 0 aliphatic carbocycles. The van der Waals surface area contributed by atoms with Gasteiger partial charge in [-0.2, -0.15) is 11.8 Å². The molecule has 1 saturated heterocycles. The van der Waals surface area contributed by atoms with Crippen molar-refractivity contribution in [3.63, 3.8) is 0 Å². The first-order chi connectivity index (χ1) is 8.20. The third-order valence-corrected chi connectivity index (χ3v) is 5.61. The molecule has 2 heterocycles. The number of thioether (sulfide) groups is 1. The topological polar surface area (TPSA) is 32.3 Å². The molecule has 1 fully saturated rings. The molecule has 2 nitrogen and oxygen atoms in total. The summed E-state index contributed by atoms with van der Waals surface area (Å²) in [6.45, 7) is 2.17. The molecule has 1 aromatic rings. The van der Waals surface area contributed by atoms with Crippen molar-refractivity contribution in [3.8, 4) is 0 Å². The number of para-hydroxylation sites is 1. The quantitative estimate of drug-likeness (QED) is 0.802. The molecule has 0 aromatic heterocycles. The molecule has 92 valence electrons. The van der Waals surface area contributed by atoms with Crippen LogP contribution >= 0.6 is 11.8 Å². The number of rotatable bonds is 1. The van der Waals surface area contributed by atoms with E-state index in [9.17, 15) is 5.11 Å². The minimum absolute atomic E-state index is 0.211. The monoisotopic (exact) mass is 249 g/mol. The van der Waals surface area contributed by atoms with E-state index in [-0.39, 0.29) is 6.04 Å². The van der Waals surface area contributed by atoms with Crippen LogP contribution in [0.2, 0.25) is 0 Å². The third kappa shape index (κ3) is 1.85. The Bertz CT molecular complexity index is 422. The van der Waals surface area contributed by atoms with Crippen LogP contribution in [-0.2, 0) is 6.42 Å². The lowest BCUT2D eigenvalue weighted by Gasteiger charge is -2.39. The first-order valence-corrected chi connectivity index (χ1v) is 7.50. The second-order valence-electron chi connectivity index (χ2n) is 5.30.